The molecule has 126 valence electrons. The van der Waals surface area contributed by atoms with Crippen molar-refractivity contribution in [3.63, 3.8) is 0 Å². The molecule has 0 atom stereocenters. The minimum Gasteiger partial charge on any atom is -0.507 e. The third kappa shape index (κ3) is 3.37. The van der Waals surface area contributed by atoms with Crippen LogP contribution in [-0.4, -0.2) is 30.7 Å². The van der Waals surface area contributed by atoms with Gasteiger partial charge in [0.2, 0.25) is 0 Å². The van der Waals surface area contributed by atoms with Gasteiger partial charge < -0.3 is 5.11 Å². The molecule has 0 amide bonds. The predicted molar refractivity (Wildman–Crippen MR) is 97.4 cm³/mol. The van der Waals surface area contributed by atoms with Gasteiger partial charge in [0, 0.05) is 35.6 Å². The molecule has 0 aliphatic rings. The maximum Gasteiger partial charge on any atom is 0.153 e. The van der Waals surface area contributed by atoms with E-state index in [1.807, 2.05) is 36.4 Å². The summed E-state index contributed by atoms with van der Waals surface area (Å²) in [4.78, 5) is 4.40. The summed E-state index contributed by atoms with van der Waals surface area (Å²) in [6.07, 6.45) is 2.70. The lowest BCUT2D eigenvalue weighted by Gasteiger charge is -2.06. The zero-order valence-electron chi connectivity index (χ0n) is 13.8. The summed E-state index contributed by atoms with van der Waals surface area (Å²) in [6, 6.07) is 15.7. The minimum absolute atomic E-state index is 0.179. The number of nitrogens with zero attached hydrogens (tertiary/aromatic N) is 4. The van der Waals surface area contributed by atoms with Gasteiger partial charge in [-0.2, -0.15) is 0 Å². The summed E-state index contributed by atoms with van der Waals surface area (Å²) in [5, 5.41) is 24.9. The van der Waals surface area contributed by atoms with Crippen molar-refractivity contribution in [3.05, 3.63) is 77.2 Å². The number of H-pyrrole nitrogens is 1. The molecule has 6 heteroatoms. The van der Waals surface area contributed by atoms with Gasteiger partial charge in [0.1, 0.15) is 5.75 Å². The van der Waals surface area contributed by atoms with Crippen LogP contribution in [0.3, 0.4) is 0 Å². The van der Waals surface area contributed by atoms with E-state index in [1.165, 1.54) is 5.56 Å². The molecule has 26 heavy (non-hydrogen) atoms. The number of rotatable bonds is 3. The Balaban J connectivity index is 1.62. The fraction of sp³-hybridized carbons (Fsp3) is 0.100. The van der Waals surface area contributed by atoms with Crippen LogP contribution in [0.2, 0.25) is 0 Å². The van der Waals surface area contributed by atoms with Crippen molar-refractivity contribution >= 4 is 10.9 Å². The standard InChI is InChI=1S/C20H15N5O/c26-20-16(12-19-22-24-25-23-19)13-21-18-10-9-15(11-17(18)20)8-4-7-14-5-2-1-3-6-14/h1-3,5-6,9-11,13H,7,12H2,(H,21,26)(H,22,23,24,25). The summed E-state index contributed by atoms with van der Waals surface area (Å²) < 4.78 is 0. The lowest BCUT2D eigenvalue weighted by molar-refractivity contribution is 0.475. The molecule has 0 saturated heterocycles. The highest BCUT2D eigenvalue weighted by Gasteiger charge is 2.10. The Labute approximate surface area is 149 Å². The Bertz CT molecular complexity index is 1100. The first kappa shape index (κ1) is 15.8. The number of aromatic hydroxyl groups is 1. The molecule has 0 radical (unpaired) electrons. The SMILES string of the molecule is Oc1c(Cc2nnn[nH]2)cnc2ccc(C#CCc3ccccc3)cc12. The monoisotopic (exact) mass is 341 g/mol. The Morgan fingerprint density at radius 3 is 2.77 bits per heavy atom. The van der Waals surface area contributed by atoms with Gasteiger partial charge in [-0.1, -0.05) is 42.2 Å². The van der Waals surface area contributed by atoms with E-state index in [2.05, 4.69) is 49.6 Å². The number of benzene rings is 2. The summed E-state index contributed by atoms with van der Waals surface area (Å²) in [7, 11) is 0. The summed E-state index contributed by atoms with van der Waals surface area (Å²) in [6.45, 7) is 0. The Hall–Kier alpha value is -3.72. The summed E-state index contributed by atoms with van der Waals surface area (Å²) in [5.41, 5.74) is 3.39. The van der Waals surface area contributed by atoms with Crippen molar-refractivity contribution in [1.82, 2.24) is 25.6 Å². The Kier molecular flexibility index (Phi) is 4.27. The van der Waals surface area contributed by atoms with Gasteiger partial charge in [-0.25, -0.2) is 5.10 Å². The number of aromatic nitrogens is 5. The molecule has 2 aromatic carbocycles. The minimum atomic E-state index is 0.179. The number of tetrazole rings is 1. The molecule has 0 bridgehead atoms. The zero-order chi connectivity index (χ0) is 17.8. The van der Waals surface area contributed by atoms with Crippen LogP contribution in [0.5, 0.6) is 5.75 Å². The van der Waals surface area contributed by atoms with Crippen molar-refractivity contribution in [2.24, 2.45) is 0 Å². The van der Waals surface area contributed by atoms with Gasteiger partial charge in [-0.15, -0.1) is 5.10 Å². The smallest absolute Gasteiger partial charge is 0.153 e. The largest absolute Gasteiger partial charge is 0.507 e. The molecule has 0 unspecified atom stereocenters. The van der Waals surface area contributed by atoms with Crippen molar-refractivity contribution in [1.29, 1.82) is 0 Å². The molecule has 0 saturated carbocycles. The lowest BCUT2D eigenvalue weighted by atomic mass is 10.1. The van der Waals surface area contributed by atoms with E-state index in [0.717, 1.165) is 11.1 Å². The molecule has 0 aliphatic heterocycles. The van der Waals surface area contributed by atoms with E-state index in [1.54, 1.807) is 6.20 Å². The maximum absolute atomic E-state index is 10.6. The van der Waals surface area contributed by atoms with Gasteiger partial charge in [0.25, 0.3) is 0 Å². The maximum atomic E-state index is 10.6. The number of hydrogen-bond acceptors (Lipinski definition) is 5. The van der Waals surface area contributed by atoms with Crippen molar-refractivity contribution in [3.8, 4) is 17.6 Å². The average molecular weight is 341 g/mol. The van der Waals surface area contributed by atoms with E-state index < -0.39 is 0 Å². The Morgan fingerprint density at radius 2 is 1.96 bits per heavy atom. The van der Waals surface area contributed by atoms with E-state index >= 15 is 0 Å². The molecule has 4 rings (SSSR count). The number of hydrogen-bond donors (Lipinski definition) is 2. The molecule has 0 spiro atoms. The topological polar surface area (TPSA) is 87.6 Å². The van der Waals surface area contributed by atoms with Crippen LogP contribution in [-0.2, 0) is 12.8 Å². The molecule has 2 N–H and O–H groups in total. The van der Waals surface area contributed by atoms with Crippen LogP contribution >= 0.6 is 0 Å². The molecular formula is C20H15N5O. The zero-order valence-corrected chi connectivity index (χ0v) is 13.8. The van der Waals surface area contributed by atoms with Gasteiger partial charge in [0.05, 0.1) is 5.52 Å². The number of fused-ring (bicyclic) bond motifs is 1. The van der Waals surface area contributed by atoms with Crippen LogP contribution in [0.15, 0.2) is 54.7 Å². The fourth-order valence-corrected chi connectivity index (χ4v) is 2.71. The summed E-state index contributed by atoms with van der Waals surface area (Å²) >= 11 is 0. The van der Waals surface area contributed by atoms with Gasteiger partial charge >= 0.3 is 0 Å². The van der Waals surface area contributed by atoms with Gasteiger partial charge in [-0.3, -0.25) is 4.98 Å². The van der Waals surface area contributed by atoms with Crippen molar-refractivity contribution in [2.75, 3.05) is 0 Å². The van der Waals surface area contributed by atoms with Crippen molar-refractivity contribution in [2.45, 2.75) is 12.8 Å². The van der Waals surface area contributed by atoms with E-state index in [-0.39, 0.29) is 5.75 Å². The second-order valence-corrected chi connectivity index (χ2v) is 5.85. The first-order valence-electron chi connectivity index (χ1n) is 8.15. The van der Waals surface area contributed by atoms with E-state index in [4.69, 9.17) is 0 Å². The van der Waals surface area contributed by atoms with Crippen LogP contribution in [0, 0.1) is 11.8 Å². The quantitative estimate of drug-likeness (QED) is 0.559. The number of pyridine rings is 1. The molecule has 6 nitrogen and oxygen atoms in total. The molecule has 0 fully saturated rings. The summed E-state index contributed by atoms with van der Waals surface area (Å²) in [5.74, 6) is 7.07. The second-order valence-electron chi connectivity index (χ2n) is 5.85. The highest BCUT2D eigenvalue weighted by atomic mass is 16.3. The van der Waals surface area contributed by atoms with Gasteiger partial charge in [-0.05, 0) is 34.2 Å². The predicted octanol–water partition coefficient (Wildman–Crippen LogP) is 2.64. The number of aromatic amines is 1. The van der Waals surface area contributed by atoms with E-state index in [9.17, 15) is 5.11 Å². The fourth-order valence-electron chi connectivity index (χ4n) is 2.71. The molecule has 2 heterocycles. The highest BCUT2D eigenvalue weighted by Crippen LogP contribution is 2.28. The van der Waals surface area contributed by atoms with Crippen LogP contribution in [0.4, 0.5) is 0 Å². The molecule has 2 aromatic heterocycles. The Morgan fingerprint density at radius 1 is 1.08 bits per heavy atom. The lowest BCUT2D eigenvalue weighted by Crippen LogP contribution is -1.94. The molecular weight excluding hydrogens is 326 g/mol. The first-order valence-corrected chi connectivity index (χ1v) is 8.15. The normalized spacial score (nSPS) is 10.5. The third-order valence-corrected chi connectivity index (χ3v) is 4.03. The van der Waals surface area contributed by atoms with Gasteiger partial charge in [0.15, 0.2) is 5.82 Å². The van der Waals surface area contributed by atoms with Crippen LogP contribution in [0.1, 0.15) is 22.5 Å². The van der Waals surface area contributed by atoms with Crippen molar-refractivity contribution < 1.29 is 5.11 Å². The van der Waals surface area contributed by atoms with Crippen LogP contribution in [0.25, 0.3) is 10.9 Å². The molecule has 0 aliphatic carbocycles. The molecule has 4 aromatic rings. The highest BCUT2D eigenvalue weighted by molar-refractivity contribution is 5.87. The van der Waals surface area contributed by atoms with E-state index in [0.29, 0.717) is 29.6 Å². The van der Waals surface area contributed by atoms with Crippen LogP contribution < -0.4 is 0 Å². The second kappa shape index (κ2) is 7.03. The third-order valence-electron chi connectivity index (χ3n) is 4.03. The average Bonchev–Trinajstić information content (AvgIpc) is 3.18. The first-order chi connectivity index (χ1) is 12.8. The number of nitrogens with one attached hydrogen (secondary N) is 1.